The second-order valence-electron chi connectivity index (χ2n) is 3.82. The molecule has 0 radical (unpaired) electrons. The first-order valence-corrected chi connectivity index (χ1v) is 6.78. The molecule has 0 N–H and O–H groups in total. The lowest BCUT2D eigenvalue weighted by Gasteiger charge is -2.00. The molecule has 2 aromatic rings. The predicted octanol–water partition coefficient (Wildman–Crippen LogP) is 4.72. The van der Waals surface area contributed by atoms with E-state index in [9.17, 15) is 4.39 Å². The van der Waals surface area contributed by atoms with Crippen molar-refractivity contribution in [2.45, 2.75) is 25.1 Å². The van der Waals surface area contributed by atoms with Gasteiger partial charge < -0.3 is 4.52 Å². The molecule has 0 bridgehead atoms. The number of hydrogen-bond donors (Lipinski definition) is 0. The Labute approximate surface area is 117 Å². The van der Waals surface area contributed by atoms with Crippen LogP contribution in [-0.2, 0) is 0 Å². The van der Waals surface area contributed by atoms with Crippen LogP contribution in [0.4, 0.5) is 4.39 Å². The van der Waals surface area contributed by atoms with Crippen molar-refractivity contribution in [1.29, 1.82) is 0 Å². The molecule has 1 unspecified atom stereocenters. The summed E-state index contributed by atoms with van der Waals surface area (Å²) in [6.07, 6.45) is 1.70. The van der Waals surface area contributed by atoms with E-state index < -0.39 is 0 Å². The van der Waals surface area contributed by atoms with E-state index in [1.165, 1.54) is 6.07 Å². The van der Waals surface area contributed by atoms with E-state index in [0.717, 1.165) is 12.8 Å². The Morgan fingerprint density at radius 1 is 1.50 bits per heavy atom. The van der Waals surface area contributed by atoms with Gasteiger partial charge in [-0.15, -0.1) is 11.6 Å². The molecule has 0 fully saturated rings. The van der Waals surface area contributed by atoms with Crippen LogP contribution in [0, 0.1) is 5.82 Å². The fraction of sp³-hybridized carbons (Fsp3) is 0.333. The molecule has 3 nitrogen and oxygen atoms in total. The molecule has 6 heteroatoms. The second-order valence-corrected chi connectivity index (χ2v) is 5.14. The molecule has 0 aliphatic carbocycles. The van der Waals surface area contributed by atoms with Gasteiger partial charge in [0, 0.05) is 0 Å². The molecule has 2 rings (SSSR count). The average Bonchev–Trinajstić information content (AvgIpc) is 2.82. The zero-order valence-corrected chi connectivity index (χ0v) is 12.0. The van der Waals surface area contributed by atoms with Crippen molar-refractivity contribution >= 4 is 27.5 Å². The topological polar surface area (TPSA) is 38.9 Å². The fourth-order valence-corrected chi connectivity index (χ4v) is 2.26. The summed E-state index contributed by atoms with van der Waals surface area (Å²) in [6, 6.07) is 4.64. The van der Waals surface area contributed by atoms with Gasteiger partial charge in [0.2, 0.25) is 0 Å². The highest BCUT2D eigenvalue weighted by molar-refractivity contribution is 9.10. The zero-order chi connectivity index (χ0) is 13.1. The highest BCUT2D eigenvalue weighted by Gasteiger charge is 2.18. The monoisotopic (exact) mass is 332 g/mol. The van der Waals surface area contributed by atoms with Gasteiger partial charge in [0.15, 0.2) is 5.82 Å². The molecule has 96 valence electrons. The van der Waals surface area contributed by atoms with Crippen molar-refractivity contribution < 1.29 is 8.91 Å². The van der Waals surface area contributed by atoms with E-state index in [0.29, 0.717) is 15.9 Å². The molecule has 0 saturated carbocycles. The highest BCUT2D eigenvalue weighted by Crippen LogP contribution is 2.31. The van der Waals surface area contributed by atoms with Crippen molar-refractivity contribution in [2.75, 3.05) is 0 Å². The van der Waals surface area contributed by atoms with Crippen molar-refractivity contribution in [1.82, 2.24) is 10.1 Å². The van der Waals surface area contributed by atoms with E-state index in [2.05, 4.69) is 26.1 Å². The second kappa shape index (κ2) is 5.80. The minimum Gasteiger partial charge on any atom is -0.334 e. The van der Waals surface area contributed by atoms with Crippen molar-refractivity contribution in [2.24, 2.45) is 0 Å². The number of hydrogen-bond acceptors (Lipinski definition) is 3. The standard InChI is InChI=1S/C12H11BrClFN2O/c1-2-4-8(14)11-16-12(18-17-11)7-5-3-6-9(15)10(7)13/h3,5-6,8H,2,4H2,1H3. The third-order valence-corrected chi connectivity index (χ3v) is 3.67. The molecule has 0 spiro atoms. The van der Waals surface area contributed by atoms with Gasteiger partial charge >= 0.3 is 0 Å². The third kappa shape index (κ3) is 2.72. The molecular weight excluding hydrogens is 322 g/mol. The van der Waals surface area contributed by atoms with E-state index in [1.54, 1.807) is 12.1 Å². The van der Waals surface area contributed by atoms with Gasteiger partial charge in [-0.3, -0.25) is 0 Å². The van der Waals surface area contributed by atoms with E-state index in [4.69, 9.17) is 16.1 Å². The van der Waals surface area contributed by atoms with Gasteiger partial charge in [0.05, 0.1) is 15.4 Å². The first-order chi connectivity index (χ1) is 8.63. The van der Waals surface area contributed by atoms with E-state index in [1.807, 2.05) is 6.92 Å². The number of nitrogens with zero attached hydrogens (tertiary/aromatic N) is 2. The number of halogens is 3. The lowest BCUT2D eigenvalue weighted by molar-refractivity contribution is 0.420. The zero-order valence-electron chi connectivity index (χ0n) is 9.66. The Kier molecular flexibility index (Phi) is 4.35. The number of alkyl halides is 1. The molecule has 1 aromatic carbocycles. The van der Waals surface area contributed by atoms with Crippen molar-refractivity contribution in [3.05, 3.63) is 34.3 Å². The van der Waals surface area contributed by atoms with Gasteiger partial charge in [0.1, 0.15) is 5.82 Å². The van der Waals surface area contributed by atoms with Gasteiger partial charge in [-0.05, 0) is 34.5 Å². The third-order valence-electron chi connectivity index (χ3n) is 2.45. The molecule has 1 heterocycles. The number of benzene rings is 1. The van der Waals surface area contributed by atoms with Crippen LogP contribution >= 0.6 is 27.5 Å². The maximum absolute atomic E-state index is 13.4. The Balaban J connectivity index is 2.32. The molecule has 0 aliphatic rings. The lowest BCUT2D eigenvalue weighted by Crippen LogP contribution is -1.92. The van der Waals surface area contributed by atoms with Crippen LogP contribution in [0.15, 0.2) is 27.2 Å². The van der Waals surface area contributed by atoms with Crippen LogP contribution in [0.3, 0.4) is 0 Å². The molecular formula is C12H11BrClFN2O. The Bertz CT molecular complexity index is 547. The maximum atomic E-state index is 13.4. The Morgan fingerprint density at radius 3 is 3.00 bits per heavy atom. The van der Waals surface area contributed by atoms with E-state index in [-0.39, 0.29) is 17.1 Å². The smallest absolute Gasteiger partial charge is 0.259 e. The van der Waals surface area contributed by atoms with Gasteiger partial charge in [0.25, 0.3) is 5.89 Å². The summed E-state index contributed by atoms with van der Waals surface area (Å²) < 4.78 is 18.8. The van der Waals surface area contributed by atoms with Crippen LogP contribution in [0.5, 0.6) is 0 Å². The normalized spacial score (nSPS) is 12.7. The largest absolute Gasteiger partial charge is 0.334 e. The molecule has 18 heavy (non-hydrogen) atoms. The predicted molar refractivity (Wildman–Crippen MR) is 70.9 cm³/mol. The van der Waals surface area contributed by atoms with Crippen molar-refractivity contribution in [3.8, 4) is 11.5 Å². The van der Waals surface area contributed by atoms with Crippen LogP contribution < -0.4 is 0 Å². The van der Waals surface area contributed by atoms with Crippen LogP contribution in [0.25, 0.3) is 11.5 Å². The maximum Gasteiger partial charge on any atom is 0.259 e. The summed E-state index contributed by atoms with van der Waals surface area (Å²) in [5, 5.41) is 3.54. The first kappa shape index (κ1) is 13.5. The quantitative estimate of drug-likeness (QED) is 0.760. The summed E-state index contributed by atoms with van der Waals surface area (Å²) in [4.78, 5) is 4.19. The first-order valence-electron chi connectivity index (χ1n) is 5.55. The number of rotatable bonds is 4. The summed E-state index contributed by atoms with van der Waals surface area (Å²) in [6.45, 7) is 2.03. The molecule has 0 saturated heterocycles. The average molecular weight is 334 g/mol. The molecule has 0 aliphatic heterocycles. The summed E-state index contributed by atoms with van der Waals surface area (Å²) in [5.41, 5.74) is 0.522. The Hall–Kier alpha value is -0.940. The minimum absolute atomic E-state index is 0.262. The van der Waals surface area contributed by atoms with Crippen LogP contribution in [0.1, 0.15) is 31.0 Å². The Morgan fingerprint density at radius 2 is 2.28 bits per heavy atom. The van der Waals surface area contributed by atoms with Gasteiger partial charge in [-0.1, -0.05) is 24.6 Å². The molecule has 1 atom stereocenters. The van der Waals surface area contributed by atoms with Crippen LogP contribution in [-0.4, -0.2) is 10.1 Å². The number of aromatic nitrogens is 2. The van der Waals surface area contributed by atoms with Gasteiger partial charge in [-0.2, -0.15) is 4.98 Å². The SMILES string of the molecule is CCCC(Cl)c1noc(-c2cccc(F)c2Br)n1. The van der Waals surface area contributed by atoms with Crippen molar-refractivity contribution in [3.63, 3.8) is 0 Å². The fourth-order valence-electron chi connectivity index (χ4n) is 1.52. The molecule has 1 aromatic heterocycles. The van der Waals surface area contributed by atoms with Crippen LogP contribution in [0.2, 0.25) is 0 Å². The minimum atomic E-state index is -0.372. The van der Waals surface area contributed by atoms with Gasteiger partial charge in [-0.25, -0.2) is 4.39 Å². The van der Waals surface area contributed by atoms with E-state index >= 15 is 0 Å². The summed E-state index contributed by atoms with van der Waals surface area (Å²) >= 11 is 9.27. The summed E-state index contributed by atoms with van der Waals surface area (Å²) in [7, 11) is 0. The highest BCUT2D eigenvalue weighted by atomic mass is 79.9. The molecule has 0 amide bonds. The summed E-state index contributed by atoms with van der Waals surface area (Å²) in [5.74, 6) is 0.325. The lowest BCUT2D eigenvalue weighted by atomic mass is 10.2.